The molecule has 2 aromatic rings. The molecule has 0 aliphatic carbocycles. The molecule has 3 heteroatoms. The molecule has 90 valence electrons. The minimum absolute atomic E-state index is 0.120. The van der Waals surface area contributed by atoms with E-state index in [1.54, 1.807) is 11.3 Å². The zero-order valence-electron chi connectivity index (χ0n) is 10.5. The molecule has 1 aromatic heterocycles. The Morgan fingerprint density at radius 3 is 2.24 bits per heavy atom. The number of rotatable bonds is 3. The second kappa shape index (κ2) is 4.76. The first-order valence-corrected chi connectivity index (χ1v) is 10.2. The van der Waals surface area contributed by atoms with Crippen LogP contribution >= 0.6 is 11.3 Å². The molecule has 1 heterocycles. The number of hydrogen-bond acceptors (Lipinski definition) is 2. The van der Waals surface area contributed by atoms with Gasteiger partial charge in [-0.15, -0.1) is 11.3 Å². The zero-order valence-corrected chi connectivity index (χ0v) is 12.3. The van der Waals surface area contributed by atoms with Crippen molar-refractivity contribution in [1.82, 2.24) is 0 Å². The number of aliphatic hydroxyl groups is 1. The lowest BCUT2D eigenvalue weighted by atomic mass is 10.1. The van der Waals surface area contributed by atoms with Crippen molar-refractivity contribution in [2.45, 2.75) is 26.2 Å². The van der Waals surface area contributed by atoms with Crippen LogP contribution in [0.2, 0.25) is 19.6 Å². The van der Waals surface area contributed by atoms with Crippen molar-refractivity contribution >= 4 is 24.6 Å². The Balaban J connectivity index is 2.36. The molecule has 0 atom stereocenters. The number of hydrogen-bond donors (Lipinski definition) is 1. The first-order valence-electron chi connectivity index (χ1n) is 5.80. The van der Waals surface area contributed by atoms with Crippen LogP contribution in [0.15, 0.2) is 35.7 Å². The molecule has 0 saturated heterocycles. The van der Waals surface area contributed by atoms with Crippen LogP contribution in [-0.2, 0) is 6.61 Å². The van der Waals surface area contributed by atoms with Crippen LogP contribution in [-0.4, -0.2) is 13.2 Å². The summed E-state index contributed by atoms with van der Waals surface area (Å²) in [6, 6.07) is 10.8. The second-order valence-electron chi connectivity index (χ2n) is 5.26. The molecular weight excluding hydrogens is 244 g/mol. The normalized spacial score (nSPS) is 11.8. The maximum absolute atomic E-state index is 9.27. The van der Waals surface area contributed by atoms with Crippen molar-refractivity contribution in [1.29, 1.82) is 0 Å². The molecule has 0 spiro atoms. The number of thiophene rings is 1. The van der Waals surface area contributed by atoms with E-state index >= 15 is 0 Å². The third-order valence-electron chi connectivity index (χ3n) is 2.93. The average molecular weight is 262 g/mol. The molecule has 0 amide bonds. The Hall–Kier alpha value is -0.903. The van der Waals surface area contributed by atoms with Gasteiger partial charge in [-0.1, -0.05) is 49.1 Å². The highest BCUT2D eigenvalue weighted by Gasteiger charge is 2.16. The van der Waals surface area contributed by atoms with Crippen LogP contribution in [0, 0.1) is 0 Å². The molecule has 1 aromatic carbocycles. The summed E-state index contributed by atoms with van der Waals surface area (Å²) in [7, 11) is -1.21. The van der Waals surface area contributed by atoms with E-state index in [-0.39, 0.29) is 6.61 Å². The molecule has 1 N–H and O–H groups in total. The number of aliphatic hydroxyl groups excluding tert-OH is 1. The van der Waals surface area contributed by atoms with Gasteiger partial charge in [0.2, 0.25) is 0 Å². The van der Waals surface area contributed by atoms with Gasteiger partial charge >= 0.3 is 0 Å². The van der Waals surface area contributed by atoms with Crippen molar-refractivity contribution in [2.75, 3.05) is 0 Å². The maximum Gasteiger partial charge on any atom is 0.0775 e. The van der Waals surface area contributed by atoms with E-state index in [0.717, 1.165) is 5.56 Å². The fourth-order valence-electron chi connectivity index (χ4n) is 1.84. The number of benzene rings is 1. The first kappa shape index (κ1) is 12.6. The van der Waals surface area contributed by atoms with Gasteiger partial charge in [0, 0.05) is 4.88 Å². The summed E-state index contributed by atoms with van der Waals surface area (Å²) >= 11 is 1.69. The van der Waals surface area contributed by atoms with Crippen molar-refractivity contribution in [3.05, 3.63) is 41.3 Å². The third-order valence-corrected chi connectivity index (χ3v) is 6.00. The smallest absolute Gasteiger partial charge is 0.0775 e. The molecule has 0 aliphatic heterocycles. The maximum atomic E-state index is 9.27. The van der Waals surface area contributed by atoms with E-state index < -0.39 is 8.07 Å². The van der Waals surface area contributed by atoms with Crippen LogP contribution in [0.3, 0.4) is 0 Å². The van der Waals surface area contributed by atoms with Crippen LogP contribution in [0.1, 0.15) is 5.56 Å². The average Bonchev–Trinajstić information content (AvgIpc) is 2.76. The van der Waals surface area contributed by atoms with Gasteiger partial charge in [-0.2, -0.15) is 0 Å². The standard InChI is InChI=1S/C14H18OSSi/c1-17(2,3)13-6-4-11(5-7-13)14-12(10-15)8-9-16-14/h4-9,15H,10H2,1-3H3. The van der Waals surface area contributed by atoms with E-state index in [0.29, 0.717) is 0 Å². The van der Waals surface area contributed by atoms with Crippen LogP contribution in [0.4, 0.5) is 0 Å². The van der Waals surface area contributed by atoms with Gasteiger partial charge in [-0.05, 0) is 22.6 Å². The molecule has 17 heavy (non-hydrogen) atoms. The van der Waals surface area contributed by atoms with Gasteiger partial charge < -0.3 is 5.11 Å². The molecule has 0 fully saturated rings. The Morgan fingerprint density at radius 2 is 1.71 bits per heavy atom. The van der Waals surface area contributed by atoms with Gasteiger partial charge in [-0.3, -0.25) is 0 Å². The summed E-state index contributed by atoms with van der Waals surface area (Å²) in [5, 5.41) is 12.8. The van der Waals surface area contributed by atoms with E-state index in [1.807, 2.05) is 11.4 Å². The Bertz CT molecular complexity index is 494. The lowest BCUT2D eigenvalue weighted by molar-refractivity contribution is 0.283. The summed E-state index contributed by atoms with van der Waals surface area (Å²) in [5.74, 6) is 0. The Morgan fingerprint density at radius 1 is 1.06 bits per heavy atom. The van der Waals surface area contributed by atoms with Crippen LogP contribution in [0.25, 0.3) is 10.4 Å². The molecule has 0 aliphatic rings. The highest BCUT2D eigenvalue weighted by Crippen LogP contribution is 2.29. The molecule has 0 bridgehead atoms. The molecule has 0 unspecified atom stereocenters. The minimum Gasteiger partial charge on any atom is -0.392 e. The van der Waals surface area contributed by atoms with Crippen molar-refractivity contribution < 1.29 is 5.11 Å². The van der Waals surface area contributed by atoms with Gasteiger partial charge in [-0.25, -0.2) is 0 Å². The summed E-state index contributed by atoms with van der Waals surface area (Å²) in [4.78, 5) is 1.19. The van der Waals surface area contributed by atoms with E-state index in [1.165, 1.54) is 15.6 Å². The van der Waals surface area contributed by atoms with Crippen molar-refractivity contribution in [3.63, 3.8) is 0 Å². The second-order valence-corrected chi connectivity index (χ2v) is 11.3. The predicted molar refractivity (Wildman–Crippen MR) is 78.7 cm³/mol. The SMILES string of the molecule is C[Si](C)(C)c1ccc(-c2sccc2CO)cc1. The Kier molecular flexibility index (Phi) is 3.52. The minimum atomic E-state index is -1.21. The van der Waals surface area contributed by atoms with E-state index in [2.05, 4.69) is 43.9 Å². The summed E-state index contributed by atoms with van der Waals surface area (Å²) in [6.45, 7) is 7.18. The molecule has 2 rings (SSSR count). The molecule has 1 nitrogen and oxygen atoms in total. The predicted octanol–water partition coefficient (Wildman–Crippen LogP) is 3.45. The molecule has 0 saturated carbocycles. The largest absolute Gasteiger partial charge is 0.392 e. The fourth-order valence-corrected chi connectivity index (χ4v) is 3.93. The first-order chi connectivity index (χ1) is 8.02. The quantitative estimate of drug-likeness (QED) is 0.840. The van der Waals surface area contributed by atoms with Crippen molar-refractivity contribution in [2.24, 2.45) is 0 Å². The fraction of sp³-hybridized carbons (Fsp3) is 0.286. The molecular formula is C14H18OSSi. The van der Waals surface area contributed by atoms with Gasteiger partial charge in [0.1, 0.15) is 0 Å². The third kappa shape index (κ3) is 2.68. The summed E-state index contributed by atoms with van der Waals surface area (Å²) < 4.78 is 0. The Labute approximate surface area is 108 Å². The zero-order chi connectivity index (χ0) is 12.5. The topological polar surface area (TPSA) is 20.2 Å². The lowest BCUT2D eigenvalue weighted by Crippen LogP contribution is -2.37. The van der Waals surface area contributed by atoms with Gasteiger partial charge in [0.25, 0.3) is 0 Å². The van der Waals surface area contributed by atoms with Gasteiger partial charge in [0.05, 0.1) is 14.7 Å². The monoisotopic (exact) mass is 262 g/mol. The highest BCUT2D eigenvalue weighted by molar-refractivity contribution is 7.13. The van der Waals surface area contributed by atoms with Crippen LogP contribution < -0.4 is 5.19 Å². The summed E-state index contributed by atoms with van der Waals surface area (Å²) in [6.07, 6.45) is 0. The highest BCUT2D eigenvalue weighted by atomic mass is 32.1. The van der Waals surface area contributed by atoms with Crippen molar-refractivity contribution in [3.8, 4) is 10.4 Å². The van der Waals surface area contributed by atoms with E-state index in [9.17, 15) is 5.11 Å². The van der Waals surface area contributed by atoms with E-state index in [4.69, 9.17) is 0 Å². The molecule has 0 radical (unpaired) electrons. The van der Waals surface area contributed by atoms with Gasteiger partial charge in [0.15, 0.2) is 0 Å². The lowest BCUT2D eigenvalue weighted by Gasteiger charge is -2.16. The van der Waals surface area contributed by atoms with Crippen LogP contribution in [0.5, 0.6) is 0 Å². The summed E-state index contributed by atoms with van der Waals surface area (Å²) in [5.41, 5.74) is 2.24.